The molecule has 0 spiro atoms. The van der Waals surface area contributed by atoms with Gasteiger partial charge in [-0.05, 0) is 6.07 Å². The van der Waals surface area contributed by atoms with E-state index in [2.05, 4.69) is 21.5 Å². The zero-order chi connectivity index (χ0) is 10.9. The zero-order valence-electron chi connectivity index (χ0n) is 8.13. The Bertz CT molecular complexity index is 365. The van der Waals surface area contributed by atoms with Gasteiger partial charge in [-0.25, -0.2) is 4.98 Å². The number of nitrogens with zero attached hydrogens (tertiary/aromatic N) is 2. The molecule has 0 aliphatic rings. The molecule has 15 heavy (non-hydrogen) atoms. The van der Waals surface area contributed by atoms with Crippen LogP contribution in [0.25, 0.3) is 6.08 Å². The van der Waals surface area contributed by atoms with Gasteiger partial charge in [0.05, 0.1) is 6.33 Å². The van der Waals surface area contributed by atoms with Crippen molar-refractivity contribution in [2.24, 2.45) is 0 Å². The molecule has 2 aromatic rings. The van der Waals surface area contributed by atoms with Crippen molar-refractivity contribution in [3.8, 4) is 0 Å². The average Bonchev–Trinajstić information content (AvgIpc) is 2.87. The molecule has 0 amide bonds. The van der Waals surface area contributed by atoms with Crippen molar-refractivity contribution in [3.63, 3.8) is 0 Å². The van der Waals surface area contributed by atoms with Gasteiger partial charge >= 0.3 is 0 Å². The van der Waals surface area contributed by atoms with Crippen molar-refractivity contribution in [2.45, 2.75) is 0 Å². The highest BCUT2D eigenvalue weighted by molar-refractivity contribution is 5.78. The second-order valence-corrected chi connectivity index (χ2v) is 2.56. The van der Waals surface area contributed by atoms with Crippen molar-refractivity contribution >= 4 is 12.4 Å². The number of pyridine rings is 1. The number of imidazole rings is 1. The van der Waals surface area contributed by atoms with E-state index in [0.717, 1.165) is 11.8 Å². The molecule has 4 heteroatoms. The molecule has 0 saturated heterocycles. The maximum absolute atomic E-state index is 10.3. The lowest BCUT2D eigenvalue weighted by Gasteiger charge is -1.93. The van der Waals surface area contributed by atoms with Gasteiger partial charge in [0.2, 0.25) is 0 Å². The van der Waals surface area contributed by atoms with Gasteiger partial charge < -0.3 is 4.98 Å². The molecule has 0 bridgehead atoms. The highest BCUT2D eigenvalue weighted by atomic mass is 16.1. The molecule has 2 rings (SSSR count). The summed E-state index contributed by atoms with van der Waals surface area (Å²) in [6.45, 7) is 3.54. The standard InChI is InChI=1S/C8H7NO.C3H4N2/c1-2-7-4-3-5-9-8(7)6-10;1-2-5-3-4-1/h2-6H,1H2;1-3H,(H,4,5). The van der Waals surface area contributed by atoms with Crippen molar-refractivity contribution in [1.29, 1.82) is 0 Å². The van der Waals surface area contributed by atoms with Crippen LogP contribution < -0.4 is 0 Å². The summed E-state index contributed by atoms with van der Waals surface area (Å²) in [6, 6.07) is 3.56. The van der Waals surface area contributed by atoms with Crippen LogP contribution in [0.2, 0.25) is 0 Å². The Hall–Kier alpha value is -2.23. The molecule has 4 nitrogen and oxygen atoms in total. The fraction of sp³-hybridized carbons (Fsp3) is 0. The van der Waals surface area contributed by atoms with Crippen LogP contribution >= 0.6 is 0 Å². The van der Waals surface area contributed by atoms with E-state index in [4.69, 9.17) is 0 Å². The lowest BCUT2D eigenvalue weighted by atomic mass is 10.2. The minimum atomic E-state index is 0.442. The molecule has 0 aliphatic carbocycles. The molecule has 0 atom stereocenters. The molecule has 0 unspecified atom stereocenters. The molecule has 0 fully saturated rings. The molecule has 0 aromatic carbocycles. The van der Waals surface area contributed by atoms with Gasteiger partial charge in [-0.15, -0.1) is 0 Å². The van der Waals surface area contributed by atoms with Crippen LogP contribution in [0.3, 0.4) is 0 Å². The third kappa shape index (κ3) is 3.56. The Morgan fingerprint density at radius 3 is 2.67 bits per heavy atom. The van der Waals surface area contributed by atoms with Crippen molar-refractivity contribution in [3.05, 3.63) is 54.9 Å². The Balaban J connectivity index is 0.000000187. The summed E-state index contributed by atoms with van der Waals surface area (Å²) >= 11 is 0. The minimum absolute atomic E-state index is 0.442. The molecular weight excluding hydrogens is 190 g/mol. The quantitative estimate of drug-likeness (QED) is 0.755. The molecule has 76 valence electrons. The maximum Gasteiger partial charge on any atom is 0.169 e. The van der Waals surface area contributed by atoms with Gasteiger partial charge in [-0.3, -0.25) is 9.78 Å². The first kappa shape index (κ1) is 10.8. The first-order chi connectivity index (χ1) is 7.38. The normalized spacial score (nSPS) is 8.53. The van der Waals surface area contributed by atoms with E-state index in [1.54, 1.807) is 43.1 Å². The summed E-state index contributed by atoms with van der Waals surface area (Å²) in [5.74, 6) is 0. The van der Waals surface area contributed by atoms with Crippen LogP contribution in [0.1, 0.15) is 16.1 Å². The van der Waals surface area contributed by atoms with E-state index in [-0.39, 0.29) is 0 Å². The van der Waals surface area contributed by atoms with Crippen LogP contribution in [0.5, 0.6) is 0 Å². The molecule has 1 N–H and O–H groups in total. The number of aromatic nitrogens is 3. The molecule has 0 radical (unpaired) electrons. The maximum atomic E-state index is 10.3. The number of hydrogen-bond donors (Lipinski definition) is 1. The fourth-order valence-electron chi connectivity index (χ4n) is 0.916. The van der Waals surface area contributed by atoms with Crippen molar-refractivity contribution in [2.75, 3.05) is 0 Å². The predicted octanol–water partition coefficient (Wildman–Crippen LogP) is 1.95. The van der Waals surface area contributed by atoms with E-state index in [1.165, 1.54) is 0 Å². The molecule has 2 aromatic heterocycles. The van der Waals surface area contributed by atoms with Crippen molar-refractivity contribution < 1.29 is 4.79 Å². The highest BCUT2D eigenvalue weighted by Gasteiger charge is 1.94. The SMILES string of the molecule is C=Cc1cccnc1C=O.c1c[nH]cn1. The fourth-order valence-corrected chi connectivity index (χ4v) is 0.916. The first-order valence-corrected chi connectivity index (χ1v) is 4.34. The average molecular weight is 201 g/mol. The second kappa shape index (κ2) is 6.26. The summed E-state index contributed by atoms with van der Waals surface area (Å²) in [5.41, 5.74) is 1.22. The molecule has 0 saturated carbocycles. The number of nitrogens with one attached hydrogen (secondary N) is 1. The lowest BCUT2D eigenvalue weighted by Crippen LogP contribution is -1.88. The van der Waals surface area contributed by atoms with Gasteiger partial charge in [0, 0.05) is 24.2 Å². The number of hydrogen-bond acceptors (Lipinski definition) is 3. The number of carbonyl (C=O) groups excluding carboxylic acids is 1. The highest BCUT2D eigenvalue weighted by Crippen LogP contribution is 2.02. The van der Waals surface area contributed by atoms with E-state index in [9.17, 15) is 4.79 Å². The lowest BCUT2D eigenvalue weighted by molar-refractivity contribution is 0.111. The molecular formula is C11H11N3O. The summed E-state index contributed by atoms with van der Waals surface area (Å²) in [7, 11) is 0. The Labute approximate surface area is 87.7 Å². The van der Waals surface area contributed by atoms with E-state index in [0.29, 0.717) is 5.69 Å². The number of rotatable bonds is 2. The van der Waals surface area contributed by atoms with E-state index < -0.39 is 0 Å². The topological polar surface area (TPSA) is 58.6 Å². The monoisotopic (exact) mass is 201 g/mol. The summed E-state index contributed by atoms with van der Waals surface area (Å²) in [4.78, 5) is 20.5. The Kier molecular flexibility index (Phi) is 4.53. The van der Waals surface area contributed by atoms with Gasteiger partial charge in [0.25, 0.3) is 0 Å². The summed E-state index contributed by atoms with van der Waals surface area (Å²) in [6.07, 6.45) is 8.99. The molecule has 2 heterocycles. The number of carbonyl (C=O) groups is 1. The van der Waals surface area contributed by atoms with Crippen LogP contribution in [0, 0.1) is 0 Å². The van der Waals surface area contributed by atoms with Gasteiger partial charge in [-0.1, -0.05) is 18.7 Å². The van der Waals surface area contributed by atoms with Crippen LogP contribution in [-0.4, -0.2) is 21.2 Å². The van der Waals surface area contributed by atoms with E-state index in [1.807, 2.05) is 0 Å². The largest absolute Gasteiger partial charge is 0.351 e. The number of aromatic amines is 1. The van der Waals surface area contributed by atoms with Crippen LogP contribution in [0.4, 0.5) is 0 Å². The number of aldehydes is 1. The number of H-pyrrole nitrogens is 1. The van der Waals surface area contributed by atoms with E-state index >= 15 is 0 Å². The minimum Gasteiger partial charge on any atom is -0.351 e. The third-order valence-electron chi connectivity index (χ3n) is 1.61. The van der Waals surface area contributed by atoms with Crippen LogP contribution in [0.15, 0.2) is 43.6 Å². The third-order valence-corrected chi connectivity index (χ3v) is 1.61. The summed E-state index contributed by atoms with van der Waals surface area (Å²) in [5, 5.41) is 0. The first-order valence-electron chi connectivity index (χ1n) is 4.34. The predicted molar refractivity (Wildman–Crippen MR) is 58.3 cm³/mol. The Morgan fingerprint density at radius 1 is 1.40 bits per heavy atom. The van der Waals surface area contributed by atoms with Gasteiger partial charge in [-0.2, -0.15) is 0 Å². The van der Waals surface area contributed by atoms with Gasteiger partial charge in [0.15, 0.2) is 6.29 Å². The molecule has 0 aliphatic heterocycles. The smallest absolute Gasteiger partial charge is 0.169 e. The van der Waals surface area contributed by atoms with Gasteiger partial charge in [0.1, 0.15) is 5.69 Å². The zero-order valence-corrected chi connectivity index (χ0v) is 8.13. The second-order valence-electron chi connectivity index (χ2n) is 2.56. The van der Waals surface area contributed by atoms with Crippen LogP contribution in [-0.2, 0) is 0 Å². The van der Waals surface area contributed by atoms with Crippen molar-refractivity contribution in [1.82, 2.24) is 15.0 Å². The summed E-state index contributed by atoms with van der Waals surface area (Å²) < 4.78 is 0. The Morgan fingerprint density at radius 2 is 2.27 bits per heavy atom.